The van der Waals surface area contributed by atoms with Crippen LogP contribution in [0.5, 0.6) is 0 Å². The third kappa shape index (κ3) is 5.92. The van der Waals surface area contributed by atoms with Crippen LogP contribution >= 0.6 is 0 Å². The number of hydrogen-bond donors (Lipinski definition) is 2. The van der Waals surface area contributed by atoms with Gasteiger partial charge in [0.05, 0.1) is 18.1 Å². The maximum Gasteiger partial charge on any atom is 0.239 e. The molecule has 4 fully saturated rings. The molecular formula is C46H64N2O3. The number of fused-ring (bicyclic) bond motifs is 7. The summed E-state index contributed by atoms with van der Waals surface area (Å²) in [5.41, 5.74) is 3.59. The second-order valence-corrected chi connectivity index (χ2v) is 19.7. The van der Waals surface area contributed by atoms with Gasteiger partial charge in [0.2, 0.25) is 11.8 Å². The number of hydrogen-bond acceptors (Lipinski definition) is 3. The molecule has 5 nitrogen and oxygen atoms in total. The van der Waals surface area contributed by atoms with Crippen molar-refractivity contribution in [3.8, 4) is 0 Å². The molecular weight excluding hydrogens is 629 g/mol. The Morgan fingerprint density at radius 3 is 2.12 bits per heavy atom. The SMILES string of the molecule is CC1(C)CC[C@]2(C(=O)N(CC(=O)NCc3ccccc3)Cc3ccccc3)CC[C@]3(C)C(=CC[C@@H]4[C@@]5(C)CC[C@H](O)C(C)(C)[C@@H]5CC[C@]43C)[C@@H]2C1. The largest absolute Gasteiger partial charge is 0.393 e. The molecule has 5 aliphatic carbocycles. The minimum absolute atomic E-state index is 0.0172. The van der Waals surface area contributed by atoms with Gasteiger partial charge in [0, 0.05) is 13.1 Å². The third-order valence-electron chi connectivity index (χ3n) is 16.2. The zero-order chi connectivity index (χ0) is 36.5. The minimum atomic E-state index is -0.503. The third-order valence-corrected chi connectivity index (χ3v) is 16.2. The number of benzene rings is 2. The molecule has 0 heterocycles. The number of carbonyl (C=O) groups is 2. The molecule has 0 aliphatic heterocycles. The molecule has 0 unspecified atom stereocenters. The molecule has 8 atom stereocenters. The second-order valence-electron chi connectivity index (χ2n) is 19.7. The van der Waals surface area contributed by atoms with Gasteiger partial charge in [-0.25, -0.2) is 0 Å². The molecule has 51 heavy (non-hydrogen) atoms. The van der Waals surface area contributed by atoms with Crippen molar-refractivity contribution in [2.24, 2.45) is 50.2 Å². The fraction of sp³-hybridized carbons (Fsp3) is 0.652. The molecule has 2 aromatic rings. The van der Waals surface area contributed by atoms with E-state index in [1.54, 1.807) is 5.57 Å². The van der Waals surface area contributed by atoms with Crippen molar-refractivity contribution in [1.82, 2.24) is 10.2 Å². The number of aliphatic hydroxyl groups excluding tert-OH is 1. The summed E-state index contributed by atoms with van der Waals surface area (Å²) in [4.78, 5) is 31.0. The Morgan fingerprint density at radius 2 is 1.43 bits per heavy atom. The van der Waals surface area contributed by atoms with Gasteiger partial charge in [-0.1, -0.05) is 121 Å². The van der Waals surface area contributed by atoms with Crippen LogP contribution in [0, 0.1) is 50.2 Å². The summed E-state index contributed by atoms with van der Waals surface area (Å²) in [6, 6.07) is 20.2. The second kappa shape index (κ2) is 12.9. The molecule has 5 heteroatoms. The molecule has 2 N–H and O–H groups in total. The molecule has 0 aromatic heterocycles. The lowest BCUT2D eigenvalue weighted by atomic mass is 9.33. The lowest BCUT2D eigenvalue weighted by Crippen LogP contribution is -2.65. The monoisotopic (exact) mass is 692 g/mol. The van der Waals surface area contributed by atoms with Crippen LogP contribution in [-0.4, -0.2) is 34.5 Å². The average molecular weight is 693 g/mol. The molecule has 276 valence electrons. The van der Waals surface area contributed by atoms with Crippen molar-refractivity contribution in [3.63, 3.8) is 0 Å². The normalized spacial score (nSPS) is 37.8. The lowest BCUT2D eigenvalue weighted by Gasteiger charge is -2.71. The van der Waals surface area contributed by atoms with Crippen molar-refractivity contribution < 1.29 is 14.7 Å². The molecule has 0 bridgehead atoms. The summed E-state index contributed by atoms with van der Waals surface area (Å²) in [7, 11) is 0. The van der Waals surface area contributed by atoms with Gasteiger partial charge >= 0.3 is 0 Å². The highest BCUT2D eigenvalue weighted by molar-refractivity contribution is 5.89. The first-order valence-electron chi connectivity index (χ1n) is 20.1. The van der Waals surface area contributed by atoms with Gasteiger partial charge in [-0.15, -0.1) is 0 Å². The van der Waals surface area contributed by atoms with E-state index in [4.69, 9.17) is 0 Å². The molecule has 2 amide bonds. The van der Waals surface area contributed by atoms with Gasteiger partial charge in [0.1, 0.15) is 0 Å². The van der Waals surface area contributed by atoms with Crippen molar-refractivity contribution in [1.29, 1.82) is 0 Å². The number of nitrogens with one attached hydrogen (secondary N) is 1. The van der Waals surface area contributed by atoms with E-state index in [1.165, 1.54) is 12.8 Å². The van der Waals surface area contributed by atoms with Crippen LogP contribution in [0.15, 0.2) is 72.3 Å². The Kier molecular flexibility index (Phi) is 9.21. The first-order chi connectivity index (χ1) is 24.1. The molecule has 2 aromatic carbocycles. The van der Waals surface area contributed by atoms with Gasteiger partial charge in [0.25, 0.3) is 0 Å². The van der Waals surface area contributed by atoms with Crippen LogP contribution in [0.4, 0.5) is 0 Å². The summed E-state index contributed by atoms with van der Waals surface area (Å²) in [5.74, 6) is 1.32. The number of allylic oxidation sites excluding steroid dienone is 2. The summed E-state index contributed by atoms with van der Waals surface area (Å²) >= 11 is 0. The maximum absolute atomic E-state index is 15.5. The molecule has 5 aliphatic rings. The quantitative estimate of drug-likeness (QED) is 0.284. The Hall–Kier alpha value is -2.92. The van der Waals surface area contributed by atoms with Crippen molar-refractivity contribution in [2.45, 2.75) is 132 Å². The highest BCUT2D eigenvalue weighted by Crippen LogP contribution is 2.75. The number of carbonyl (C=O) groups excluding carboxylic acids is 2. The van der Waals surface area contributed by atoms with Crippen LogP contribution in [-0.2, 0) is 22.7 Å². The predicted octanol–water partition coefficient (Wildman–Crippen LogP) is 9.49. The average Bonchev–Trinajstić information content (AvgIpc) is 3.09. The molecule has 4 saturated carbocycles. The van der Waals surface area contributed by atoms with Gasteiger partial charge in [-0.3, -0.25) is 9.59 Å². The van der Waals surface area contributed by atoms with E-state index in [0.717, 1.165) is 62.5 Å². The Bertz CT molecular complexity index is 1650. The molecule has 0 spiro atoms. The van der Waals surface area contributed by atoms with Gasteiger partial charge < -0.3 is 15.3 Å². The summed E-state index contributed by atoms with van der Waals surface area (Å²) < 4.78 is 0. The smallest absolute Gasteiger partial charge is 0.239 e. The van der Waals surface area contributed by atoms with Crippen molar-refractivity contribution in [2.75, 3.05) is 6.54 Å². The lowest BCUT2D eigenvalue weighted by molar-refractivity contribution is -0.204. The van der Waals surface area contributed by atoms with E-state index in [1.807, 2.05) is 53.4 Å². The fourth-order valence-electron chi connectivity index (χ4n) is 13.0. The Labute approximate surface area is 308 Å². The number of aliphatic hydroxyl groups is 1. The summed E-state index contributed by atoms with van der Waals surface area (Å²) in [6.45, 7) is 18.2. The van der Waals surface area contributed by atoms with Gasteiger partial charge in [-0.05, 0) is 120 Å². The molecule has 0 radical (unpaired) electrons. The zero-order valence-electron chi connectivity index (χ0n) is 32.6. The minimum Gasteiger partial charge on any atom is -0.393 e. The number of nitrogens with zero attached hydrogens (tertiary/aromatic N) is 1. The first kappa shape index (κ1) is 36.4. The molecule has 7 rings (SSSR count). The van der Waals surface area contributed by atoms with Crippen LogP contribution in [0.3, 0.4) is 0 Å². The van der Waals surface area contributed by atoms with Gasteiger partial charge in [-0.2, -0.15) is 0 Å². The van der Waals surface area contributed by atoms with Crippen molar-refractivity contribution in [3.05, 3.63) is 83.4 Å². The fourth-order valence-corrected chi connectivity index (χ4v) is 13.0. The van der Waals surface area contributed by atoms with E-state index in [2.05, 4.69) is 72.0 Å². The highest BCUT2D eigenvalue weighted by Gasteiger charge is 2.69. The highest BCUT2D eigenvalue weighted by atomic mass is 16.3. The Morgan fingerprint density at radius 1 is 0.784 bits per heavy atom. The van der Waals surface area contributed by atoms with E-state index in [0.29, 0.717) is 24.9 Å². The zero-order valence-corrected chi connectivity index (χ0v) is 32.6. The van der Waals surface area contributed by atoms with Crippen LogP contribution in [0.25, 0.3) is 0 Å². The van der Waals surface area contributed by atoms with Crippen molar-refractivity contribution >= 4 is 11.8 Å². The topological polar surface area (TPSA) is 69.6 Å². The predicted molar refractivity (Wildman–Crippen MR) is 205 cm³/mol. The van der Waals surface area contributed by atoms with E-state index in [-0.39, 0.29) is 57.5 Å². The number of amides is 2. The molecule has 0 saturated heterocycles. The van der Waals surface area contributed by atoms with E-state index in [9.17, 15) is 9.90 Å². The van der Waals surface area contributed by atoms with E-state index >= 15 is 4.79 Å². The summed E-state index contributed by atoms with van der Waals surface area (Å²) in [5, 5.41) is 14.3. The van der Waals surface area contributed by atoms with Crippen LogP contribution in [0.1, 0.15) is 124 Å². The van der Waals surface area contributed by atoms with Crippen LogP contribution in [0.2, 0.25) is 0 Å². The summed E-state index contributed by atoms with van der Waals surface area (Å²) in [6.07, 6.45) is 12.6. The Balaban J connectivity index is 1.23. The standard InChI is InChI=1S/C46H64N2O3/c1-41(2)24-26-46(40(51)48(30-33-16-12-9-13-17-33)31-39(50)47-29-32-14-10-8-11-15-32)27-25-44(6)34(35(46)28-41)18-19-37-43(5)22-21-38(49)42(3,4)36(43)20-23-45(37,44)7/h8-18,35-38,49H,19-31H2,1-7H3,(H,47,50)/t35-,36-,37+,38-,43-,44+,45+,46-/m0/s1. The number of rotatable bonds is 7. The van der Waals surface area contributed by atoms with E-state index < -0.39 is 5.41 Å². The van der Waals surface area contributed by atoms with Crippen LogP contribution < -0.4 is 5.32 Å². The van der Waals surface area contributed by atoms with Gasteiger partial charge in [0.15, 0.2) is 0 Å². The first-order valence-corrected chi connectivity index (χ1v) is 20.1. The maximum atomic E-state index is 15.5.